The van der Waals surface area contributed by atoms with E-state index in [1.165, 1.54) is 0 Å². The number of nitriles is 1. The van der Waals surface area contributed by atoms with Gasteiger partial charge in [-0.2, -0.15) is 5.26 Å². The van der Waals surface area contributed by atoms with Crippen LogP contribution in [0.2, 0.25) is 0 Å². The Morgan fingerprint density at radius 2 is 2.05 bits per heavy atom. The van der Waals surface area contributed by atoms with Crippen LogP contribution in [0.3, 0.4) is 0 Å². The molecule has 2 heterocycles. The molecule has 0 saturated carbocycles. The molecule has 1 unspecified atom stereocenters. The average Bonchev–Trinajstić information content (AvgIpc) is 2.45. The summed E-state index contributed by atoms with van der Waals surface area (Å²) in [4.78, 5) is 20.4. The van der Waals surface area contributed by atoms with Gasteiger partial charge in [0.25, 0.3) is 0 Å². The van der Waals surface area contributed by atoms with Gasteiger partial charge in [0.05, 0.1) is 30.5 Å². The number of piperazine rings is 1. The number of rotatable bonds is 2. The summed E-state index contributed by atoms with van der Waals surface area (Å²) in [6, 6.07) is 5.88. The molecule has 1 saturated heterocycles. The highest BCUT2D eigenvalue weighted by Crippen LogP contribution is 2.23. The van der Waals surface area contributed by atoms with Crippen LogP contribution in [0.15, 0.2) is 18.3 Å². The number of carbonyl (C=O) groups excluding carboxylic acids is 1. The number of anilines is 1. The van der Waals surface area contributed by atoms with Crippen LogP contribution in [0.1, 0.15) is 33.4 Å². The summed E-state index contributed by atoms with van der Waals surface area (Å²) in [7, 11) is 0. The fraction of sp³-hybridized carbons (Fsp3) is 0.562. The Labute approximate surface area is 126 Å². The van der Waals surface area contributed by atoms with Crippen molar-refractivity contribution in [2.75, 3.05) is 24.5 Å². The average molecular weight is 286 g/mol. The molecule has 21 heavy (non-hydrogen) atoms. The van der Waals surface area contributed by atoms with Crippen molar-refractivity contribution in [2.24, 2.45) is 0 Å². The third kappa shape index (κ3) is 3.40. The van der Waals surface area contributed by atoms with E-state index in [1.807, 2.05) is 24.0 Å². The third-order valence-corrected chi connectivity index (χ3v) is 3.81. The van der Waals surface area contributed by atoms with E-state index in [9.17, 15) is 4.79 Å². The van der Waals surface area contributed by atoms with E-state index in [4.69, 9.17) is 5.26 Å². The first kappa shape index (κ1) is 15.5. The fourth-order valence-corrected chi connectivity index (χ4v) is 2.37. The number of hydrogen-bond acceptors (Lipinski definition) is 4. The van der Waals surface area contributed by atoms with Gasteiger partial charge in [0.1, 0.15) is 0 Å². The summed E-state index contributed by atoms with van der Waals surface area (Å²) in [6.45, 7) is 9.76. The zero-order valence-corrected chi connectivity index (χ0v) is 13.1. The number of pyridine rings is 1. The molecule has 5 nitrogen and oxygen atoms in total. The molecule has 1 atom stereocenters. The van der Waals surface area contributed by atoms with Gasteiger partial charge in [-0.05, 0) is 19.1 Å². The number of nitrogens with zero attached hydrogens (tertiary/aromatic N) is 4. The fourth-order valence-electron chi connectivity index (χ4n) is 2.37. The van der Waals surface area contributed by atoms with Gasteiger partial charge < -0.3 is 4.90 Å². The molecule has 1 aliphatic heterocycles. The van der Waals surface area contributed by atoms with Gasteiger partial charge in [-0.25, -0.2) is 0 Å². The van der Waals surface area contributed by atoms with E-state index in [-0.39, 0.29) is 23.9 Å². The van der Waals surface area contributed by atoms with Crippen molar-refractivity contribution < 1.29 is 4.79 Å². The van der Waals surface area contributed by atoms with Crippen LogP contribution in [0.25, 0.3) is 0 Å². The smallest absolute Gasteiger partial charge is 0.241 e. The summed E-state index contributed by atoms with van der Waals surface area (Å²) in [5.74, 6) is 0.0219. The number of aromatic nitrogens is 1. The minimum Gasteiger partial charge on any atom is -0.308 e. The van der Waals surface area contributed by atoms with Crippen LogP contribution in [-0.2, 0) is 10.2 Å². The Kier molecular flexibility index (Phi) is 4.29. The lowest BCUT2D eigenvalue weighted by molar-refractivity contribution is -0.121. The maximum absolute atomic E-state index is 12.3. The second-order valence-corrected chi connectivity index (χ2v) is 6.47. The predicted octanol–water partition coefficient (Wildman–Crippen LogP) is 1.94. The molecule has 1 aromatic heterocycles. The predicted molar refractivity (Wildman–Crippen MR) is 81.9 cm³/mol. The minimum absolute atomic E-state index is 0.00344. The Hall–Kier alpha value is -1.93. The monoisotopic (exact) mass is 286 g/mol. The molecule has 0 aromatic carbocycles. The van der Waals surface area contributed by atoms with Crippen molar-refractivity contribution in [3.05, 3.63) is 24.0 Å². The molecule has 1 aliphatic rings. The van der Waals surface area contributed by atoms with Crippen LogP contribution in [0, 0.1) is 11.3 Å². The third-order valence-electron chi connectivity index (χ3n) is 3.81. The summed E-state index contributed by atoms with van der Waals surface area (Å²) < 4.78 is 0. The van der Waals surface area contributed by atoms with Crippen molar-refractivity contribution in [1.29, 1.82) is 5.26 Å². The molecule has 0 aliphatic carbocycles. The van der Waals surface area contributed by atoms with Gasteiger partial charge in [0.2, 0.25) is 5.91 Å². The number of carbonyl (C=O) groups is 1. The SMILES string of the molecule is CC(C#N)N1CCN(c2ccc(C(C)(C)C)nc2)C(=O)C1. The lowest BCUT2D eigenvalue weighted by Gasteiger charge is -2.35. The molecule has 0 radical (unpaired) electrons. The van der Waals surface area contributed by atoms with E-state index in [0.29, 0.717) is 13.1 Å². The van der Waals surface area contributed by atoms with E-state index in [2.05, 4.69) is 31.8 Å². The number of hydrogen-bond donors (Lipinski definition) is 0. The Morgan fingerprint density at radius 3 is 2.52 bits per heavy atom. The van der Waals surface area contributed by atoms with E-state index in [0.717, 1.165) is 11.4 Å². The van der Waals surface area contributed by atoms with Crippen LogP contribution < -0.4 is 4.90 Å². The molecule has 1 aromatic rings. The van der Waals surface area contributed by atoms with Crippen molar-refractivity contribution >= 4 is 11.6 Å². The molecular weight excluding hydrogens is 264 g/mol. The Morgan fingerprint density at radius 1 is 1.33 bits per heavy atom. The van der Waals surface area contributed by atoms with E-state index >= 15 is 0 Å². The topological polar surface area (TPSA) is 60.2 Å². The van der Waals surface area contributed by atoms with E-state index < -0.39 is 0 Å². The lowest BCUT2D eigenvalue weighted by atomic mass is 9.92. The molecular formula is C16H22N4O. The number of amides is 1. The van der Waals surface area contributed by atoms with Crippen molar-refractivity contribution in [3.8, 4) is 6.07 Å². The molecule has 5 heteroatoms. The summed E-state index contributed by atoms with van der Waals surface area (Å²) in [6.07, 6.45) is 1.77. The lowest BCUT2D eigenvalue weighted by Crippen LogP contribution is -2.52. The van der Waals surface area contributed by atoms with Gasteiger partial charge in [-0.3, -0.25) is 14.7 Å². The second-order valence-electron chi connectivity index (χ2n) is 6.47. The van der Waals surface area contributed by atoms with Gasteiger partial charge >= 0.3 is 0 Å². The quantitative estimate of drug-likeness (QED) is 0.833. The zero-order chi connectivity index (χ0) is 15.6. The minimum atomic E-state index is -0.225. The molecule has 1 fully saturated rings. The highest BCUT2D eigenvalue weighted by molar-refractivity contribution is 5.95. The van der Waals surface area contributed by atoms with Crippen LogP contribution in [0.4, 0.5) is 5.69 Å². The summed E-state index contributed by atoms with van der Waals surface area (Å²) in [5.41, 5.74) is 1.84. The molecule has 0 bridgehead atoms. The highest BCUT2D eigenvalue weighted by Gasteiger charge is 2.28. The zero-order valence-electron chi connectivity index (χ0n) is 13.1. The van der Waals surface area contributed by atoms with Gasteiger partial charge in [-0.1, -0.05) is 20.8 Å². The largest absolute Gasteiger partial charge is 0.308 e. The summed E-state index contributed by atoms with van der Waals surface area (Å²) >= 11 is 0. The second kappa shape index (κ2) is 5.82. The van der Waals surface area contributed by atoms with Crippen LogP contribution in [0.5, 0.6) is 0 Å². The normalized spacial score (nSPS) is 18.4. The van der Waals surface area contributed by atoms with Crippen LogP contribution >= 0.6 is 0 Å². The maximum atomic E-state index is 12.3. The Bertz CT molecular complexity index is 553. The van der Waals surface area contributed by atoms with Gasteiger partial charge in [0.15, 0.2) is 0 Å². The molecule has 0 spiro atoms. The first-order valence-electron chi connectivity index (χ1n) is 7.23. The molecule has 1 amide bonds. The van der Waals surface area contributed by atoms with Gasteiger partial charge in [0, 0.05) is 24.2 Å². The molecule has 0 N–H and O–H groups in total. The van der Waals surface area contributed by atoms with Crippen molar-refractivity contribution in [2.45, 2.75) is 39.2 Å². The Balaban J connectivity index is 2.10. The molecule has 2 rings (SSSR count). The highest BCUT2D eigenvalue weighted by atomic mass is 16.2. The first-order valence-corrected chi connectivity index (χ1v) is 7.23. The van der Waals surface area contributed by atoms with Crippen molar-refractivity contribution in [3.63, 3.8) is 0 Å². The van der Waals surface area contributed by atoms with Crippen LogP contribution in [-0.4, -0.2) is 41.5 Å². The maximum Gasteiger partial charge on any atom is 0.241 e. The standard InChI is InChI=1S/C16H22N4O/c1-12(9-17)19-7-8-20(15(21)11-19)13-5-6-14(18-10-13)16(2,3)4/h5-6,10,12H,7-8,11H2,1-4H3. The van der Waals surface area contributed by atoms with Crippen molar-refractivity contribution in [1.82, 2.24) is 9.88 Å². The first-order chi connectivity index (χ1) is 9.82. The molecule has 112 valence electrons. The summed E-state index contributed by atoms with van der Waals surface area (Å²) in [5, 5.41) is 8.94. The van der Waals surface area contributed by atoms with E-state index in [1.54, 1.807) is 11.1 Å². The van der Waals surface area contributed by atoms with Gasteiger partial charge in [-0.15, -0.1) is 0 Å².